The molecule has 4 aromatic rings. The van der Waals surface area contributed by atoms with Gasteiger partial charge in [-0.2, -0.15) is 17.8 Å². The fourth-order valence-electron chi connectivity index (χ4n) is 4.54. The molecule has 0 spiro atoms. The van der Waals surface area contributed by atoms with Crippen molar-refractivity contribution in [2.75, 3.05) is 18.4 Å². The summed E-state index contributed by atoms with van der Waals surface area (Å²) in [5.74, 6) is -1.89. The Morgan fingerprint density at radius 1 is 1.05 bits per heavy atom. The van der Waals surface area contributed by atoms with E-state index in [0.717, 1.165) is 18.2 Å². The van der Waals surface area contributed by atoms with Crippen molar-refractivity contribution in [1.29, 1.82) is 0 Å². The number of pyridine rings is 1. The summed E-state index contributed by atoms with van der Waals surface area (Å²) in [5.41, 5.74) is -0.532. The maximum atomic E-state index is 15.4. The highest BCUT2D eigenvalue weighted by atomic mass is 32.2. The maximum Gasteiger partial charge on any atom is 0.303 e. The number of ether oxygens (including phenoxy) is 1. The minimum absolute atomic E-state index is 0.000907. The molecule has 2 aromatic heterocycles. The summed E-state index contributed by atoms with van der Waals surface area (Å²) < 4.78 is 91.7. The number of hydrogen-bond acceptors (Lipinski definition) is 6. The van der Waals surface area contributed by atoms with Crippen LogP contribution in [0, 0.1) is 11.6 Å². The topological polar surface area (TPSA) is 106 Å². The van der Waals surface area contributed by atoms with Gasteiger partial charge in [0.05, 0.1) is 18.4 Å². The molecule has 1 aliphatic heterocycles. The van der Waals surface area contributed by atoms with Gasteiger partial charge in [-0.15, -0.1) is 5.10 Å². The highest BCUT2D eigenvalue weighted by Gasteiger charge is 2.30. The van der Waals surface area contributed by atoms with Crippen LogP contribution in [0.3, 0.4) is 0 Å². The van der Waals surface area contributed by atoms with Crippen molar-refractivity contribution in [3.63, 3.8) is 0 Å². The first-order valence-corrected chi connectivity index (χ1v) is 13.3. The number of hydrogen-bond donors (Lipinski definition) is 1. The smallest absolute Gasteiger partial charge is 0.303 e. The SMILES string of the molecule is COc1cc(-c2ccc(F)c(C(F)F)c2)c(F)cc1-n1c2c(ccc1=O)CN(S(=O)(=O)Nc1cccnn1)CC2. The quantitative estimate of drug-likeness (QED) is 0.331. The van der Waals surface area contributed by atoms with Crippen LogP contribution in [0.1, 0.15) is 23.2 Å². The predicted molar refractivity (Wildman–Crippen MR) is 138 cm³/mol. The maximum absolute atomic E-state index is 15.4. The van der Waals surface area contributed by atoms with Crippen molar-refractivity contribution in [1.82, 2.24) is 19.1 Å². The monoisotopic (exact) mass is 575 g/mol. The average Bonchev–Trinajstić information content (AvgIpc) is 2.93. The fourth-order valence-corrected chi connectivity index (χ4v) is 5.68. The summed E-state index contributed by atoms with van der Waals surface area (Å²) in [4.78, 5) is 13.0. The van der Waals surface area contributed by atoms with E-state index >= 15 is 4.39 Å². The zero-order valence-electron chi connectivity index (χ0n) is 20.8. The van der Waals surface area contributed by atoms with E-state index in [1.54, 1.807) is 0 Å². The Hall–Kier alpha value is -4.30. The van der Waals surface area contributed by atoms with E-state index in [2.05, 4.69) is 14.9 Å². The Morgan fingerprint density at radius 3 is 2.55 bits per heavy atom. The number of fused-ring (bicyclic) bond motifs is 1. The Labute approximate surface area is 225 Å². The lowest BCUT2D eigenvalue weighted by molar-refractivity contribution is 0.146. The third-order valence-electron chi connectivity index (χ3n) is 6.43. The molecule has 0 saturated heterocycles. The van der Waals surface area contributed by atoms with Gasteiger partial charge in [-0.3, -0.25) is 14.1 Å². The largest absolute Gasteiger partial charge is 0.495 e. The van der Waals surface area contributed by atoms with Crippen LogP contribution < -0.4 is 15.0 Å². The Kier molecular flexibility index (Phi) is 7.29. The standard InChI is InChI=1S/C26H21F4N5O4S/c1-39-23-12-17(15-4-6-19(27)18(11-15)26(29)30)20(28)13-22(23)35-21-8-10-34(14-16(21)5-7-25(35)36)40(37,38)33-24-3-2-9-31-32-24/h2-7,9,11-13,26H,8,10,14H2,1H3,(H,32,33). The molecular formula is C26H21F4N5O4S. The molecule has 0 aliphatic carbocycles. The summed E-state index contributed by atoms with van der Waals surface area (Å²) in [6.07, 6.45) is -1.59. The number of halogens is 4. The second-order valence-electron chi connectivity index (χ2n) is 8.82. The van der Waals surface area contributed by atoms with Crippen LogP contribution in [0.5, 0.6) is 5.75 Å². The Morgan fingerprint density at radius 2 is 1.85 bits per heavy atom. The lowest BCUT2D eigenvalue weighted by Gasteiger charge is -2.30. The van der Waals surface area contributed by atoms with E-state index in [-0.39, 0.29) is 47.9 Å². The average molecular weight is 576 g/mol. The van der Waals surface area contributed by atoms with Crippen molar-refractivity contribution in [2.24, 2.45) is 0 Å². The van der Waals surface area contributed by atoms with Crippen LogP contribution in [0.4, 0.5) is 23.4 Å². The minimum atomic E-state index is -4.01. The van der Waals surface area contributed by atoms with Gasteiger partial charge in [0.15, 0.2) is 5.82 Å². The molecule has 0 radical (unpaired) electrons. The summed E-state index contributed by atoms with van der Waals surface area (Å²) in [6, 6.07) is 10.8. The highest BCUT2D eigenvalue weighted by molar-refractivity contribution is 7.90. The predicted octanol–water partition coefficient (Wildman–Crippen LogP) is 4.23. The zero-order chi connectivity index (χ0) is 28.6. The van der Waals surface area contributed by atoms with Crippen molar-refractivity contribution in [2.45, 2.75) is 19.4 Å². The van der Waals surface area contributed by atoms with Gasteiger partial charge >= 0.3 is 10.2 Å². The highest BCUT2D eigenvalue weighted by Crippen LogP contribution is 2.35. The lowest BCUT2D eigenvalue weighted by Crippen LogP contribution is -2.41. The van der Waals surface area contributed by atoms with Crippen LogP contribution in [0.15, 0.2) is 65.6 Å². The van der Waals surface area contributed by atoms with Gasteiger partial charge in [0, 0.05) is 49.1 Å². The molecule has 3 heterocycles. The summed E-state index contributed by atoms with van der Waals surface area (Å²) in [7, 11) is -2.71. The van der Waals surface area contributed by atoms with E-state index in [1.807, 2.05) is 0 Å². The van der Waals surface area contributed by atoms with Crippen LogP contribution in [-0.2, 0) is 23.2 Å². The van der Waals surface area contributed by atoms with E-state index in [4.69, 9.17) is 4.74 Å². The van der Waals surface area contributed by atoms with Crippen LogP contribution in [-0.4, -0.2) is 41.1 Å². The molecule has 0 saturated carbocycles. The molecule has 2 aromatic carbocycles. The molecular weight excluding hydrogens is 554 g/mol. The molecule has 40 heavy (non-hydrogen) atoms. The van der Waals surface area contributed by atoms with Gasteiger partial charge in [0.1, 0.15) is 17.4 Å². The van der Waals surface area contributed by atoms with Crippen molar-refractivity contribution >= 4 is 16.0 Å². The zero-order valence-corrected chi connectivity index (χ0v) is 21.6. The molecule has 0 atom stereocenters. The van der Waals surface area contributed by atoms with Crippen LogP contribution in [0.25, 0.3) is 16.8 Å². The Balaban J connectivity index is 1.53. The number of anilines is 1. The molecule has 9 nitrogen and oxygen atoms in total. The first kappa shape index (κ1) is 27.3. The third kappa shape index (κ3) is 5.14. The molecule has 0 amide bonds. The Bertz CT molecular complexity index is 1750. The molecule has 0 unspecified atom stereocenters. The second-order valence-corrected chi connectivity index (χ2v) is 10.5. The summed E-state index contributed by atoms with van der Waals surface area (Å²) in [5, 5.41) is 7.37. The van der Waals surface area contributed by atoms with Crippen molar-refractivity contribution < 1.29 is 30.7 Å². The molecule has 0 bridgehead atoms. The number of aromatic nitrogens is 3. The van der Waals surface area contributed by atoms with E-state index in [1.165, 1.54) is 58.6 Å². The minimum Gasteiger partial charge on any atom is -0.495 e. The van der Waals surface area contributed by atoms with Gasteiger partial charge in [-0.1, -0.05) is 12.1 Å². The third-order valence-corrected chi connectivity index (χ3v) is 7.89. The molecule has 5 rings (SSSR count). The number of nitrogens with one attached hydrogen (secondary N) is 1. The molecule has 208 valence electrons. The number of nitrogens with zero attached hydrogens (tertiary/aromatic N) is 4. The molecule has 0 fully saturated rings. The van der Waals surface area contributed by atoms with Crippen molar-refractivity contribution in [3.8, 4) is 22.6 Å². The van der Waals surface area contributed by atoms with Gasteiger partial charge in [-0.05, 0) is 41.5 Å². The molecule has 1 N–H and O–H groups in total. The second kappa shape index (κ2) is 10.7. The van der Waals surface area contributed by atoms with Gasteiger partial charge in [-0.25, -0.2) is 17.6 Å². The number of rotatable bonds is 7. The van der Waals surface area contributed by atoms with E-state index < -0.39 is 39.4 Å². The van der Waals surface area contributed by atoms with Gasteiger partial charge in [0.25, 0.3) is 12.0 Å². The normalized spacial score (nSPS) is 13.8. The molecule has 14 heteroatoms. The van der Waals surface area contributed by atoms with Crippen LogP contribution >= 0.6 is 0 Å². The van der Waals surface area contributed by atoms with E-state index in [0.29, 0.717) is 11.3 Å². The number of benzene rings is 2. The summed E-state index contributed by atoms with van der Waals surface area (Å²) in [6.45, 7) is -0.0824. The van der Waals surface area contributed by atoms with Crippen LogP contribution in [0.2, 0.25) is 0 Å². The first-order chi connectivity index (χ1) is 19.1. The number of alkyl halides is 2. The van der Waals surface area contributed by atoms with Crippen molar-refractivity contribution in [3.05, 3.63) is 99.6 Å². The van der Waals surface area contributed by atoms with E-state index in [9.17, 15) is 26.4 Å². The fraction of sp³-hybridized carbons (Fsp3) is 0.192. The summed E-state index contributed by atoms with van der Waals surface area (Å²) >= 11 is 0. The lowest BCUT2D eigenvalue weighted by atomic mass is 10.0. The number of methoxy groups -OCH3 is 1. The molecule has 1 aliphatic rings. The first-order valence-electron chi connectivity index (χ1n) is 11.8. The van der Waals surface area contributed by atoms with Gasteiger partial charge < -0.3 is 4.74 Å². The van der Waals surface area contributed by atoms with Gasteiger partial charge in [0.2, 0.25) is 0 Å².